The predicted octanol–water partition coefficient (Wildman–Crippen LogP) is 1.73. The van der Waals surface area contributed by atoms with Gasteiger partial charge in [0, 0.05) is 24.4 Å². The van der Waals surface area contributed by atoms with Gasteiger partial charge >= 0.3 is 0 Å². The highest BCUT2D eigenvalue weighted by molar-refractivity contribution is 7.99. The van der Waals surface area contributed by atoms with Gasteiger partial charge in [0.15, 0.2) is 5.65 Å². The molecule has 0 saturated carbocycles. The van der Waals surface area contributed by atoms with Crippen LogP contribution >= 0.6 is 11.8 Å². The molecule has 0 aliphatic rings. The first-order valence-electron chi connectivity index (χ1n) is 6.52. The Bertz CT molecular complexity index is 516. The van der Waals surface area contributed by atoms with Gasteiger partial charge in [0.2, 0.25) is 0 Å². The third kappa shape index (κ3) is 3.63. The van der Waals surface area contributed by atoms with E-state index in [4.69, 9.17) is 0 Å². The summed E-state index contributed by atoms with van der Waals surface area (Å²) in [5, 5.41) is 16.5. The molecular weight excluding hydrogens is 260 g/mol. The van der Waals surface area contributed by atoms with Crippen molar-refractivity contribution in [1.82, 2.24) is 30.2 Å². The molecule has 2 aromatic heterocycles. The number of tetrazole rings is 1. The molecule has 19 heavy (non-hydrogen) atoms. The molecule has 0 radical (unpaired) electrons. The summed E-state index contributed by atoms with van der Waals surface area (Å²) in [4.78, 5) is 2.47. The summed E-state index contributed by atoms with van der Waals surface area (Å²) < 4.78 is 1.46. The highest BCUT2D eigenvalue weighted by Crippen LogP contribution is 2.16. The van der Waals surface area contributed by atoms with E-state index in [-0.39, 0.29) is 0 Å². The van der Waals surface area contributed by atoms with Gasteiger partial charge in [-0.05, 0) is 50.3 Å². The van der Waals surface area contributed by atoms with Gasteiger partial charge < -0.3 is 0 Å². The maximum atomic E-state index is 4.35. The van der Waals surface area contributed by atoms with Gasteiger partial charge in [-0.15, -0.1) is 26.6 Å². The second-order valence-electron chi connectivity index (χ2n) is 4.97. The van der Waals surface area contributed by atoms with E-state index in [2.05, 4.69) is 53.2 Å². The lowest BCUT2D eigenvalue weighted by Gasteiger charge is -2.30. The van der Waals surface area contributed by atoms with Crippen molar-refractivity contribution in [1.29, 1.82) is 0 Å². The molecule has 0 aliphatic carbocycles. The minimum absolute atomic E-state index is 0.565. The Balaban J connectivity index is 1.91. The summed E-state index contributed by atoms with van der Waals surface area (Å²) in [5.74, 6) is 1.01. The van der Waals surface area contributed by atoms with Crippen LogP contribution < -0.4 is 0 Å². The van der Waals surface area contributed by atoms with Gasteiger partial charge in [0.05, 0.1) is 0 Å². The van der Waals surface area contributed by atoms with Crippen molar-refractivity contribution in [3.8, 4) is 0 Å². The summed E-state index contributed by atoms with van der Waals surface area (Å²) in [5.41, 5.74) is 0.676. The van der Waals surface area contributed by atoms with E-state index in [0.717, 1.165) is 17.3 Å². The van der Waals surface area contributed by atoms with Crippen molar-refractivity contribution in [3.05, 3.63) is 12.1 Å². The predicted molar refractivity (Wildman–Crippen MR) is 76.3 cm³/mol. The number of nitrogens with zero attached hydrogens (tertiary/aromatic N) is 6. The molecule has 2 rings (SSSR count). The number of fused-ring (bicyclic) bond motifs is 1. The van der Waals surface area contributed by atoms with Crippen molar-refractivity contribution in [2.45, 2.75) is 44.8 Å². The summed E-state index contributed by atoms with van der Waals surface area (Å²) in [6, 6.07) is 4.98. The van der Waals surface area contributed by atoms with Crippen LogP contribution in [0.5, 0.6) is 0 Å². The lowest BCUT2D eigenvalue weighted by Crippen LogP contribution is -2.38. The number of hydrogen-bond donors (Lipinski definition) is 0. The lowest BCUT2D eigenvalue weighted by molar-refractivity contribution is 0.187. The van der Waals surface area contributed by atoms with E-state index in [1.807, 2.05) is 12.1 Å². The Labute approximate surface area is 117 Å². The SMILES string of the molecule is CC(C)N(CCSc1ccc2nnnn2n1)C(C)C. The first-order valence-corrected chi connectivity index (χ1v) is 7.50. The molecule has 2 aromatic rings. The molecule has 0 amide bonds. The van der Waals surface area contributed by atoms with E-state index in [1.165, 1.54) is 4.63 Å². The van der Waals surface area contributed by atoms with Gasteiger partial charge in [0.25, 0.3) is 0 Å². The average molecular weight is 280 g/mol. The van der Waals surface area contributed by atoms with E-state index < -0.39 is 0 Å². The lowest BCUT2D eigenvalue weighted by atomic mass is 10.2. The standard InChI is InChI=1S/C12H20N6S/c1-9(2)17(10(3)4)7-8-19-12-6-5-11-13-15-16-18(11)14-12/h5-6,9-10H,7-8H2,1-4H3. The van der Waals surface area contributed by atoms with Crippen molar-refractivity contribution in [3.63, 3.8) is 0 Å². The van der Waals surface area contributed by atoms with E-state index >= 15 is 0 Å². The molecule has 0 bridgehead atoms. The maximum Gasteiger partial charge on any atom is 0.200 e. The van der Waals surface area contributed by atoms with Crippen LogP contribution in [0.4, 0.5) is 0 Å². The molecular formula is C12H20N6S. The third-order valence-corrected chi connectivity index (χ3v) is 3.87. The molecule has 0 aliphatic heterocycles. The summed E-state index contributed by atoms with van der Waals surface area (Å²) in [6.07, 6.45) is 0. The molecule has 6 nitrogen and oxygen atoms in total. The molecule has 7 heteroatoms. The fourth-order valence-corrected chi connectivity index (χ4v) is 2.89. The minimum Gasteiger partial charge on any atom is -0.298 e. The molecule has 0 N–H and O–H groups in total. The van der Waals surface area contributed by atoms with Crippen LogP contribution in [0.3, 0.4) is 0 Å². The number of rotatable bonds is 6. The molecule has 0 atom stereocenters. The van der Waals surface area contributed by atoms with Gasteiger partial charge in [0.1, 0.15) is 5.03 Å². The monoisotopic (exact) mass is 280 g/mol. The molecule has 2 heterocycles. The molecule has 104 valence electrons. The fraction of sp³-hybridized carbons (Fsp3) is 0.667. The second kappa shape index (κ2) is 6.29. The molecule has 0 saturated heterocycles. The summed E-state index contributed by atoms with van der Waals surface area (Å²) >= 11 is 1.73. The second-order valence-corrected chi connectivity index (χ2v) is 6.09. The Morgan fingerprint density at radius 1 is 1.21 bits per heavy atom. The van der Waals surface area contributed by atoms with Gasteiger partial charge in [-0.3, -0.25) is 4.90 Å². The fourth-order valence-electron chi connectivity index (χ4n) is 2.08. The first kappa shape index (κ1) is 14.2. The van der Waals surface area contributed by atoms with E-state index in [1.54, 1.807) is 11.8 Å². The maximum absolute atomic E-state index is 4.35. The Morgan fingerprint density at radius 3 is 2.63 bits per heavy atom. The quantitative estimate of drug-likeness (QED) is 0.751. The van der Waals surface area contributed by atoms with Gasteiger partial charge in [-0.25, -0.2) is 0 Å². The topological polar surface area (TPSA) is 59.2 Å². The van der Waals surface area contributed by atoms with E-state index in [9.17, 15) is 0 Å². The zero-order valence-corrected chi connectivity index (χ0v) is 12.6. The van der Waals surface area contributed by atoms with Crippen LogP contribution in [-0.4, -0.2) is 54.5 Å². The van der Waals surface area contributed by atoms with E-state index in [0.29, 0.717) is 17.7 Å². The Kier molecular flexibility index (Phi) is 4.71. The zero-order valence-electron chi connectivity index (χ0n) is 11.8. The normalized spacial score (nSPS) is 12.2. The number of hydrogen-bond acceptors (Lipinski definition) is 6. The number of aromatic nitrogens is 5. The number of thioether (sulfide) groups is 1. The average Bonchev–Trinajstić information content (AvgIpc) is 2.80. The highest BCUT2D eigenvalue weighted by atomic mass is 32.2. The zero-order chi connectivity index (χ0) is 13.8. The van der Waals surface area contributed by atoms with Gasteiger partial charge in [-0.1, -0.05) is 0 Å². The van der Waals surface area contributed by atoms with Crippen molar-refractivity contribution in [2.24, 2.45) is 0 Å². The van der Waals surface area contributed by atoms with Crippen LogP contribution in [0.15, 0.2) is 17.2 Å². The van der Waals surface area contributed by atoms with Gasteiger partial charge in [-0.2, -0.15) is 0 Å². The van der Waals surface area contributed by atoms with Crippen LogP contribution in [0.2, 0.25) is 0 Å². The van der Waals surface area contributed by atoms with Crippen molar-refractivity contribution >= 4 is 17.4 Å². The van der Waals surface area contributed by atoms with Crippen LogP contribution in [0.1, 0.15) is 27.7 Å². The van der Waals surface area contributed by atoms with Crippen molar-refractivity contribution < 1.29 is 0 Å². The largest absolute Gasteiger partial charge is 0.298 e. The first-order chi connectivity index (χ1) is 9.08. The minimum atomic E-state index is 0.565. The van der Waals surface area contributed by atoms with Crippen LogP contribution in [0.25, 0.3) is 5.65 Å². The smallest absolute Gasteiger partial charge is 0.200 e. The summed E-state index contributed by atoms with van der Waals surface area (Å²) in [7, 11) is 0. The third-order valence-electron chi connectivity index (χ3n) is 2.97. The molecule has 0 aromatic carbocycles. The van der Waals surface area contributed by atoms with Crippen LogP contribution in [-0.2, 0) is 0 Å². The van der Waals surface area contributed by atoms with Crippen LogP contribution in [0, 0.1) is 0 Å². The van der Waals surface area contributed by atoms with Crippen molar-refractivity contribution in [2.75, 3.05) is 12.3 Å². The Morgan fingerprint density at radius 2 is 1.95 bits per heavy atom. The highest BCUT2D eigenvalue weighted by Gasteiger charge is 2.13. The molecule has 0 spiro atoms. The summed E-state index contributed by atoms with van der Waals surface area (Å²) in [6.45, 7) is 9.98. The molecule has 0 fully saturated rings. The Hall–Kier alpha value is -1.21. The molecule has 0 unspecified atom stereocenters.